The minimum Gasteiger partial charge on any atom is -0.394 e. The van der Waals surface area contributed by atoms with E-state index >= 15 is 0 Å². The van der Waals surface area contributed by atoms with Gasteiger partial charge >= 0.3 is 0 Å². The number of amides is 1. The van der Waals surface area contributed by atoms with E-state index in [1.54, 1.807) is 0 Å². The van der Waals surface area contributed by atoms with Gasteiger partial charge in [-0.15, -0.1) is 0 Å². The van der Waals surface area contributed by atoms with Crippen molar-refractivity contribution in [3.8, 4) is 0 Å². The van der Waals surface area contributed by atoms with Gasteiger partial charge in [-0.2, -0.15) is 0 Å². The number of hydrogen-bond donors (Lipinski definition) is 2. The summed E-state index contributed by atoms with van der Waals surface area (Å²) in [6.45, 7) is 2.07. The molecule has 1 saturated carbocycles. The summed E-state index contributed by atoms with van der Waals surface area (Å²) >= 11 is 11.6. The Kier molecular flexibility index (Phi) is 4.89. The van der Waals surface area contributed by atoms with Crippen LogP contribution in [0.1, 0.15) is 43.0 Å². The van der Waals surface area contributed by atoms with Crippen LogP contribution in [-0.2, 0) is 0 Å². The van der Waals surface area contributed by atoms with Crippen LogP contribution < -0.4 is 5.32 Å². The van der Waals surface area contributed by atoms with Gasteiger partial charge in [0.15, 0.2) is 0 Å². The monoisotopic (exact) mass is 316 g/mol. The Labute approximate surface area is 128 Å². The Morgan fingerprint density at radius 2 is 2.15 bits per heavy atom. The second kappa shape index (κ2) is 6.29. The van der Waals surface area contributed by atoms with Crippen molar-refractivity contribution >= 4 is 29.1 Å². The maximum absolute atomic E-state index is 12.3. The topological polar surface area (TPSA) is 62.2 Å². The molecule has 2 unspecified atom stereocenters. The molecular weight excluding hydrogens is 299 g/mol. The van der Waals surface area contributed by atoms with Gasteiger partial charge in [-0.05, 0) is 30.9 Å². The Morgan fingerprint density at radius 3 is 2.70 bits per heavy atom. The molecule has 1 amide bonds. The zero-order valence-electron chi connectivity index (χ0n) is 11.3. The fraction of sp³-hybridized carbons (Fsp3) is 0.571. The molecule has 2 rings (SSSR count). The Hall–Kier alpha value is -0.840. The number of aliphatic hydroxyl groups is 1. The van der Waals surface area contributed by atoms with E-state index in [1.807, 2.05) is 0 Å². The average Bonchev–Trinajstić information content (AvgIpc) is 2.37. The van der Waals surface area contributed by atoms with Crippen molar-refractivity contribution in [1.82, 2.24) is 10.3 Å². The van der Waals surface area contributed by atoms with E-state index < -0.39 is 5.54 Å². The molecule has 0 bridgehead atoms. The highest BCUT2D eigenvalue weighted by Gasteiger charge is 2.36. The number of nitrogens with zero attached hydrogens (tertiary/aromatic N) is 1. The van der Waals surface area contributed by atoms with E-state index in [0.717, 1.165) is 25.7 Å². The van der Waals surface area contributed by atoms with Crippen molar-refractivity contribution in [3.63, 3.8) is 0 Å². The lowest BCUT2D eigenvalue weighted by atomic mass is 9.76. The number of halogens is 2. The van der Waals surface area contributed by atoms with Gasteiger partial charge < -0.3 is 10.4 Å². The van der Waals surface area contributed by atoms with Crippen LogP contribution in [0.5, 0.6) is 0 Å². The second-order valence-corrected chi connectivity index (χ2v) is 6.37. The van der Waals surface area contributed by atoms with Crippen molar-refractivity contribution < 1.29 is 9.90 Å². The fourth-order valence-corrected chi connectivity index (χ4v) is 3.33. The number of nitrogens with one attached hydrogen (secondary N) is 1. The molecule has 4 nitrogen and oxygen atoms in total. The summed E-state index contributed by atoms with van der Waals surface area (Å²) in [4.78, 5) is 16.1. The van der Waals surface area contributed by atoms with Crippen LogP contribution in [0.3, 0.4) is 0 Å². The van der Waals surface area contributed by atoms with Gasteiger partial charge in [-0.1, -0.05) is 43.0 Å². The van der Waals surface area contributed by atoms with E-state index in [9.17, 15) is 9.90 Å². The van der Waals surface area contributed by atoms with Gasteiger partial charge in [0.05, 0.1) is 12.1 Å². The molecule has 0 spiro atoms. The summed E-state index contributed by atoms with van der Waals surface area (Å²) < 4.78 is 0. The molecule has 110 valence electrons. The zero-order valence-corrected chi connectivity index (χ0v) is 12.8. The van der Waals surface area contributed by atoms with Gasteiger partial charge in [-0.25, -0.2) is 4.98 Å². The Balaban J connectivity index is 2.16. The van der Waals surface area contributed by atoms with Crippen molar-refractivity contribution in [2.75, 3.05) is 6.61 Å². The molecule has 0 radical (unpaired) electrons. The number of rotatable bonds is 3. The maximum atomic E-state index is 12.3. The highest BCUT2D eigenvalue weighted by atomic mass is 35.5. The first-order valence-corrected chi connectivity index (χ1v) is 7.46. The lowest BCUT2D eigenvalue weighted by Crippen LogP contribution is -2.53. The summed E-state index contributed by atoms with van der Waals surface area (Å²) in [7, 11) is 0. The van der Waals surface area contributed by atoms with Gasteiger partial charge in [0.2, 0.25) is 0 Å². The van der Waals surface area contributed by atoms with Crippen LogP contribution >= 0.6 is 23.2 Å². The molecular formula is C14H18Cl2N2O2. The predicted molar refractivity (Wildman–Crippen MR) is 79.2 cm³/mol. The molecule has 0 aliphatic heterocycles. The molecule has 1 aromatic heterocycles. The predicted octanol–water partition coefficient (Wildman–Crippen LogP) is 3.06. The van der Waals surface area contributed by atoms with Crippen LogP contribution in [0.15, 0.2) is 12.1 Å². The van der Waals surface area contributed by atoms with E-state index in [4.69, 9.17) is 23.2 Å². The third kappa shape index (κ3) is 3.62. The number of carbonyl (C=O) groups excluding carboxylic acids is 1. The molecule has 2 N–H and O–H groups in total. The number of aromatic nitrogens is 1. The summed E-state index contributed by atoms with van der Waals surface area (Å²) in [5.74, 6) is 0.208. The van der Waals surface area contributed by atoms with E-state index in [2.05, 4.69) is 17.2 Å². The van der Waals surface area contributed by atoms with Crippen LogP contribution in [-0.4, -0.2) is 28.1 Å². The largest absolute Gasteiger partial charge is 0.394 e. The zero-order chi connectivity index (χ0) is 14.8. The fourth-order valence-electron chi connectivity index (χ4n) is 2.87. The van der Waals surface area contributed by atoms with Gasteiger partial charge in [-0.3, -0.25) is 4.79 Å². The molecule has 2 atom stereocenters. The molecule has 6 heteroatoms. The molecule has 1 aliphatic carbocycles. The molecule has 1 fully saturated rings. The van der Waals surface area contributed by atoms with Crippen LogP contribution in [0.4, 0.5) is 0 Å². The van der Waals surface area contributed by atoms with E-state index in [-0.39, 0.29) is 22.8 Å². The van der Waals surface area contributed by atoms with Gasteiger partial charge in [0, 0.05) is 5.56 Å². The molecule has 0 saturated heterocycles. The van der Waals surface area contributed by atoms with Crippen LogP contribution in [0.2, 0.25) is 10.3 Å². The maximum Gasteiger partial charge on any atom is 0.252 e. The lowest BCUT2D eigenvalue weighted by molar-refractivity contribution is 0.0697. The standard InChI is InChI=1S/C14H18Cl2N2O2/c1-9-3-2-4-14(7-9,8-19)18-13(20)10-5-11(15)17-12(16)6-10/h5-6,9,19H,2-4,7-8H2,1H3,(H,18,20). The Morgan fingerprint density at radius 1 is 1.50 bits per heavy atom. The SMILES string of the molecule is CC1CCCC(CO)(NC(=O)c2cc(Cl)nc(Cl)c2)C1. The first-order valence-electron chi connectivity index (χ1n) is 6.70. The van der Waals surface area contributed by atoms with Crippen LogP contribution in [0.25, 0.3) is 0 Å². The summed E-state index contributed by atoms with van der Waals surface area (Å²) in [5, 5.41) is 13.0. The third-order valence-electron chi connectivity index (χ3n) is 3.80. The van der Waals surface area contributed by atoms with Crippen molar-refractivity contribution in [1.29, 1.82) is 0 Å². The second-order valence-electron chi connectivity index (χ2n) is 5.60. The highest BCUT2D eigenvalue weighted by molar-refractivity contribution is 6.33. The third-order valence-corrected chi connectivity index (χ3v) is 4.19. The average molecular weight is 317 g/mol. The number of pyridine rings is 1. The smallest absolute Gasteiger partial charge is 0.252 e. The van der Waals surface area contributed by atoms with Gasteiger partial charge in [0.25, 0.3) is 5.91 Å². The minimum absolute atomic E-state index is 0.0599. The van der Waals surface area contributed by atoms with E-state index in [1.165, 1.54) is 12.1 Å². The normalized spacial score (nSPS) is 26.3. The van der Waals surface area contributed by atoms with Crippen molar-refractivity contribution in [2.24, 2.45) is 5.92 Å². The first-order chi connectivity index (χ1) is 9.44. The molecule has 1 aliphatic rings. The first kappa shape index (κ1) is 15.5. The molecule has 20 heavy (non-hydrogen) atoms. The minimum atomic E-state index is -0.545. The van der Waals surface area contributed by atoms with Crippen molar-refractivity contribution in [3.05, 3.63) is 28.0 Å². The summed E-state index contributed by atoms with van der Waals surface area (Å²) in [5.41, 5.74) is -0.183. The van der Waals surface area contributed by atoms with E-state index in [0.29, 0.717) is 11.5 Å². The number of carbonyl (C=O) groups is 1. The van der Waals surface area contributed by atoms with Crippen molar-refractivity contribution in [2.45, 2.75) is 38.1 Å². The Bertz CT molecular complexity index is 490. The van der Waals surface area contributed by atoms with Gasteiger partial charge in [0.1, 0.15) is 10.3 Å². The number of aliphatic hydroxyl groups excluding tert-OH is 1. The van der Waals surface area contributed by atoms with Crippen LogP contribution in [0, 0.1) is 5.92 Å². The quantitative estimate of drug-likeness (QED) is 0.842. The highest BCUT2D eigenvalue weighted by Crippen LogP contribution is 2.32. The number of hydrogen-bond acceptors (Lipinski definition) is 3. The molecule has 1 heterocycles. The molecule has 0 aromatic carbocycles. The molecule has 1 aromatic rings. The summed E-state index contributed by atoms with van der Waals surface area (Å²) in [6, 6.07) is 2.94. The lowest BCUT2D eigenvalue weighted by Gasteiger charge is -2.39. The summed E-state index contributed by atoms with van der Waals surface area (Å²) in [6.07, 6.45) is 3.69.